The van der Waals surface area contributed by atoms with Crippen molar-refractivity contribution in [2.75, 3.05) is 18.4 Å². The zero-order chi connectivity index (χ0) is 21.1. The summed E-state index contributed by atoms with van der Waals surface area (Å²) in [6.07, 6.45) is 4.67. The SMILES string of the molecule is O=C(Nc1cnc(-c2cccc(O)c2)nc1)c1ccc(S(=O)(=O)N2CCCC2)cc1. The van der Waals surface area contributed by atoms with Crippen LogP contribution < -0.4 is 5.32 Å². The molecular formula is C21H20N4O4S. The maximum atomic E-state index is 12.6. The first kappa shape index (κ1) is 20.0. The van der Waals surface area contributed by atoms with Gasteiger partial charge in [-0.3, -0.25) is 4.79 Å². The van der Waals surface area contributed by atoms with Crippen LogP contribution in [0.25, 0.3) is 11.4 Å². The Balaban J connectivity index is 1.45. The summed E-state index contributed by atoms with van der Waals surface area (Å²) in [6.45, 7) is 1.06. The van der Waals surface area contributed by atoms with Crippen molar-refractivity contribution in [3.8, 4) is 17.1 Å². The molecule has 2 N–H and O–H groups in total. The molecule has 154 valence electrons. The van der Waals surface area contributed by atoms with E-state index in [9.17, 15) is 18.3 Å². The lowest BCUT2D eigenvalue weighted by Gasteiger charge is -2.15. The van der Waals surface area contributed by atoms with Gasteiger partial charge < -0.3 is 10.4 Å². The number of aromatic hydroxyl groups is 1. The third-order valence-corrected chi connectivity index (χ3v) is 6.75. The van der Waals surface area contributed by atoms with Gasteiger partial charge in [-0.05, 0) is 49.2 Å². The first-order valence-corrected chi connectivity index (χ1v) is 10.9. The third-order valence-electron chi connectivity index (χ3n) is 4.83. The minimum Gasteiger partial charge on any atom is -0.508 e. The number of hydrogen-bond donors (Lipinski definition) is 2. The van der Waals surface area contributed by atoms with E-state index in [1.807, 2.05) is 0 Å². The van der Waals surface area contributed by atoms with Crippen molar-refractivity contribution in [3.05, 3.63) is 66.5 Å². The van der Waals surface area contributed by atoms with E-state index in [0.29, 0.717) is 35.7 Å². The molecule has 0 spiro atoms. The number of benzene rings is 2. The van der Waals surface area contributed by atoms with Crippen LogP contribution in [0.5, 0.6) is 5.75 Å². The van der Waals surface area contributed by atoms with Crippen LogP contribution in [0, 0.1) is 0 Å². The standard InChI is InChI=1S/C21H20N4O4S/c26-18-5-3-4-16(12-18)20-22-13-17(14-23-20)24-21(27)15-6-8-19(9-7-15)30(28,29)25-10-1-2-11-25/h3-9,12-14,26H,1-2,10-11H2,(H,24,27). The zero-order valence-electron chi connectivity index (χ0n) is 16.0. The van der Waals surface area contributed by atoms with E-state index in [4.69, 9.17) is 0 Å². The summed E-state index contributed by atoms with van der Waals surface area (Å²) in [6, 6.07) is 12.4. The molecule has 1 fully saturated rings. The molecule has 3 aromatic rings. The van der Waals surface area contributed by atoms with Crippen LogP contribution >= 0.6 is 0 Å². The maximum Gasteiger partial charge on any atom is 0.255 e. The smallest absolute Gasteiger partial charge is 0.255 e. The van der Waals surface area contributed by atoms with Crippen LogP contribution in [0.1, 0.15) is 23.2 Å². The molecule has 0 saturated carbocycles. The number of hydrogen-bond acceptors (Lipinski definition) is 6. The molecule has 2 aromatic carbocycles. The Morgan fingerprint density at radius 1 is 1.00 bits per heavy atom. The molecule has 0 radical (unpaired) electrons. The highest BCUT2D eigenvalue weighted by atomic mass is 32.2. The Kier molecular flexibility index (Phi) is 5.47. The van der Waals surface area contributed by atoms with Crippen LogP contribution in [0.2, 0.25) is 0 Å². The summed E-state index contributed by atoms with van der Waals surface area (Å²) in [5.41, 5.74) is 1.38. The van der Waals surface area contributed by atoms with Gasteiger partial charge >= 0.3 is 0 Å². The summed E-state index contributed by atoms with van der Waals surface area (Å²) in [7, 11) is -3.51. The van der Waals surface area contributed by atoms with Crippen molar-refractivity contribution in [1.82, 2.24) is 14.3 Å². The zero-order valence-corrected chi connectivity index (χ0v) is 16.8. The second kappa shape index (κ2) is 8.21. The normalized spacial score (nSPS) is 14.5. The minimum absolute atomic E-state index is 0.115. The highest BCUT2D eigenvalue weighted by molar-refractivity contribution is 7.89. The molecule has 0 bridgehead atoms. The second-order valence-corrected chi connectivity index (χ2v) is 8.87. The van der Waals surface area contributed by atoms with Gasteiger partial charge in [0.2, 0.25) is 10.0 Å². The highest BCUT2D eigenvalue weighted by Crippen LogP contribution is 2.22. The van der Waals surface area contributed by atoms with E-state index in [1.54, 1.807) is 24.3 Å². The van der Waals surface area contributed by atoms with Gasteiger partial charge in [-0.2, -0.15) is 4.31 Å². The fraction of sp³-hybridized carbons (Fsp3) is 0.190. The summed E-state index contributed by atoms with van der Waals surface area (Å²) < 4.78 is 26.6. The molecule has 0 unspecified atom stereocenters. The van der Waals surface area contributed by atoms with E-state index in [0.717, 1.165) is 12.8 Å². The van der Waals surface area contributed by atoms with E-state index < -0.39 is 15.9 Å². The van der Waals surface area contributed by atoms with Gasteiger partial charge in [0, 0.05) is 24.2 Å². The Bertz CT molecular complexity index is 1160. The molecule has 8 nitrogen and oxygen atoms in total. The summed E-state index contributed by atoms with van der Waals surface area (Å²) in [5, 5.41) is 12.2. The van der Waals surface area contributed by atoms with Crippen molar-refractivity contribution in [2.45, 2.75) is 17.7 Å². The molecule has 1 saturated heterocycles. The van der Waals surface area contributed by atoms with Crippen molar-refractivity contribution in [2.24, 2.45) is 0 Å². The Morgan fingerprint density at radius 3 is 2.30 bits per heavy atom. The molecule has 30 heavy (non-hydrogen) atoms. The molecule has 1 aliphatic heterocycles. The first-order valence-electron chi connectivity index (χ1n) is 9.46. The molecule has 1 amide bonds. The Morgan fingerprint density at radius 2 is 1.67 bits per heavy atom. The van der Waals surface area contributed by atoms with Gasteiger partial charge in [-0.1, -0.05) is 12.1 Å². The number of phenols is 1. The second-order valence-electron chi connectivity index (χ2n) is 6.94. The van der Waals surface area contributed by atoms with Gasteiger partial charge in [0.05, 0.1) is 23.0 Å². The molecule has 1 aliphatic rings. The molecule has 9 heteroatoms. The lowest BCUT2D eigenvalue weighted by molar-refractivity contribution is 0.102. The molecule has 0 aliphatic carbocycles. The number of carbonyl (C=O) groups is 1. The highest BCUT2D eigenvalue weighted by Gasteiger charge is 2.27. The van der Waals surface area contributed by atoms with Gasteiger partial charge in [0.15, 0.2) is 5.82 Å². The molecular weight excluding hydrogens is 404 g/mol. The number of sulfonamides is 1. The van der Waals surface area contributed by atoms with Crippen LogP contribution in [0.3, 0.4) is 0 Å². The Hall–Kier alpha value is -3.30. The number of phenolic OH excluding ortho intramolecular Hbond substituents is 1. The van der Waals surface area contributed by atoms with Crippen LogP contribution in [0.4, 0.5) is 5.69 Å². The number of aromatic nitrogens is 2. The number of nitrogens with zero attached hydrogens (tertiary/aromatic N) is 3. The van der Waals surface area contributed by atoms with Gasteiger partial charge in [0.1, 0.15) is 5.75 Å². The Labute approximate surface area is 174 Å². The summed E-state index contributed by atoms with van der Waals surface area (Å²) >= 11 is 0. The number of amides is 1. The molecule has 0 atom stereocenters. The summed E-state index contributed by atoms with van der Waals surface area (Å²) in [5.74, 6) is 0.137. The van der Waals surface area contributed by atoms with Gasteiger partial charge in [0.25, 0.3) is 5.91 Å². The number of nitrogens with one attached hydrogen (secondary N) is 1. The average Bonchev–Trinajstić information content (AvgIpc) is 3.30. The van der Waals surface area contributed by atoms with Crippen molar-refractivity contribution < 1.29 is 18.3 Å². The number of rotatable bonds is 5. The van der Waals surface area contributed by atoms with E-state index >= 15 is 0 Å². The topological polar surface area (TPSA) is 112 Å². The number of carbonyl (C=O) groups excluding carboxylic acids is 1. The average molecular weight is 424 g/mol. The fourth-order valence-electron chi connectivity index (χ4n) is 3.25. The molecule has 2 heterocycles. The van der Waals surface area contributed by atoms with E-state index in [2.05, 4.69) is 15.3 Å². The van der Waals surface area contributed by atoms with Crippen LogP contribution in [-0.4, -0.2) is 46.8 Å². The minimum atomic E-state index is -3.51. The lowest BCUT2D eigenvalue weighted by atomic mass is 10.2. The van der Waals surface area contributed by atoms with E-state index in [1.165, 1.54) is 41.0 Å². The maximum absolute atomic E-state index is 12.6. The molecule has 1 aromatic heterocycles. The third kappa shape index (κ3) is 4.17. The number of anilines is 1. The predicted octanol–water partition coefficient (Wildman–Crippen LogP) is 2.89. The largest absolute Gasteiger partial charge is 0.508 e. The van der Waals surface area contributed by atoms with Crippen LogP contribution in [0.15, 0.2) is 65.8 Å². The molecule has 4 rings (SSSR count). The predicted molar refractivity (Wildman–Crippen MR) is 112 cm³/mol. The van der Waals surface area contributed by atoms with Crippen molar-refractivity contribution in [3.63, 3.8) is 0 Å². The van der Waals surface area contributed by atoms with Crippen LogP contribution in [-0.2, 0) is 10.0 Å². The fourth-order valence-corrected chi connectivity index (χ4v) is 4.76. The van der Waals surface area contributed by atoms with Gasteiger partial charge in [-0.15, -0.1) is 0 Å². The van der Waals surface area contributed by atoms with Gasteiger partial charge in [-0.25, -0.2) is 18.4 Å². The quantitative estimate of drug-likeness (QED) is 0.651. The van der Waals surface area contributed by atoms with Crippen molar-refractivity contribution in [1.29, 1.82) is 0 Å². The summed E-state index contributed by atoms with van der Waals surface area (Å²) in [4.78, 5) is 21.1. The lowest BCUT2D eigenvalue weighted by Crippen LogP contribution is -2.27. The monoisotopic (exact) mass is 424 g/mol. The first-order chi connectivity index (χ1) is 14.4. The van der Waals surface area contributed by atoms with Crippen molar-refractivity contribution >= 4 is 21.6 Å². The van der Waals surface area contributed by atoms with E-state index in [-0.39, 0.29) is 10.6 Å².